The predicted octanol–water partition coefficient (Wildman–Crippen LogP) is 2.09. The lowest BCUT2D eigenvalue weighted by Crippen LogP contribution is -2.47. The van der Waals surface area contributed by atoms with E-state index in [4.69, 9.17) is 11.6 Å². The summed E-state index contributed by atoms with van der Waals surface area (Å²) < 4.78 is 0. The Kier molecular flexibility index (Phi) is 8.13. The van der Waals surface area contributed by atoms with E-state index >= 15 is 0 Å². The van der Waals surface area contributed by atoms with Crippen molar-refractivity contribution < 1.29 is 9.59 Å². The lowest BCUT2D eigenvalue weighted by atomic mass is 10.1. The molecule has 0 spiro atoms. The molecular formula is C21H31ClN4O2. The molecule has 7 heteroatoms. The Bertz CT molecular complexity index is 640. The average Bonchev–Trinajstić information content (AvgIpc) is 2.75. The van der Waals surface area contributed by atoms with Crippen molar-refractivity contribution in [2.45, 2.75) is 25.7 Å². The fourth-order valence-electron chi connectivity index (χ4n) is 3.84. The minimum absolute atomic E-state index is 0.0261. The Morgan fingerprint density at radius 3 is 2.32 bits per heavy atom. The first-order valence-electron chi connectivity index (χ1n) is 10.4. The predicted molar refractivity (Wildman–Crippen MR) is 112 cm³/mol. The summed E-state index contributed by atoms with van der Waals surface area (Å²) >= 11 is 5.96. The summed E-state index contributed by atoms with van der Waals surface area (Å²) in [5.74, 6) is 0.107. The largest absolute Gasteiger partial charge is 0.340 e. The Morgan fingerprint density at radius 2 is 1.64 bits per heavy atom. The van der Waals surface area contributed by atoms with Gasteiger partial charge in [-0.1, -0.05) is 18.0 Å². The first kappa shape index (κ1) is 21.1. The van der Waals surface area contributed by atoms with Crippen LogP contribution in [0.2, 0.25) is 5.02 Å². The molecule has 0 saturated carbocycles. The summed E-state index contributed by atoms with van der Waals surface area (Å²) in [4.78, 5) is 31.7. The minimum Gasteiger partial charge on any atom is -0.340 e. The van der Waals surface area contributed by atoms with E-state index in [1.165, 1.54) is 19.3 Å². The summed E-state index contributed by atoms with van der Waals surface area (Å²) in [7, 11) is 0. The van der Waals surface area contributed by atoms with Crippen LogP contribution in [0.25, 0.3) is 0 Å². The van der Waals surface area contributed by atoms with Crippen LogP contribution in [0, 0.1) is 0 Å². The number of benzene rings is 1. The van der Waals surface area contributed by atoms with Crippen molar-refractivity contribution >= 4 is 23.4 Å². The fourth-order valence-corrected chi connectivity index (χ4v) is 3.96. The maximum Gasteiger partial charge on any atom is 0.253 e. The van der Waals surface area contributed by atoms with E-state index < -0.39 is 0 Å². The van der Waals surface area contributed by atoms with Crippen LogP contribution < -0.4 is 5.32 Å². The Balaban J connectivity index is 1.59. The smallest absolute Gasteiger partial charge is 0.253 e. The number of carbonyl (C=O) groups is 2. The topological polar surface area (TPSA) is 55.9 Å². The summed E-state index contributed by atoms with van der Waals surface area (Å²) in [6, 6.07) is 7.00. The van der Waals surface area contributed by atoms with E-state index in [0.717, 1.165) is 45.8 Å². The molecule has 154 valence electrons. The molecule has 1 aromatic rings. The number of carbonyl (C=O) groups excluding carboxylic acids is 2. The molecule has 1 N–H and O–H groups in total. The fraction of sp³-hybridized carbons (Fsp3) is 0.619. The molecule has 0 aromatic heterocycles. The number of nitrogens with one attached hydrogen (secondary N) is 1. The van der Waals surface area contributed by atoms with Gasteiger partial charge in [-0.3, -0.25) is 9.59 Å². The van der Waals surface area contributed by atoms with Gasteiger partial charge in [-0.05, 0) is 50.2 Å². The number of rotatable bonds is 7. The summed E-state index contributed by atoms with van der Waals surface area (Å²) in [6.45, 7) is 7.35. The highest BCUT2D eigenvalue weighted by Crippen LogP contribution is 2.13. The van der Waals surface area contributed by atoms with Gasteiger partial charge in [0.15, 0.2) is 0 Å². The van der Waals surface area contributed by atoms with E-state index in [-0.39, 0.29) is 11.8 Å². The van der Waals surface area contributed by atoms with Crippen LogP contribution in [-0.2, 0) is 4.79 Å². The van der Waals surface area contributed by atoms with Gasteiger partial charge in [-0.15, -0.1) is 0 Å². The number of amides is 2. The number of nitrogens with zero attached hydrogens (tertiary/aromatic N) is 3. The zero-order chi connectivity index (χ0) is 19.8. The molecule has 3 rings (SSSR count). The van der Waals surface area contributed by atoms with Crippen molar-refractivity contribution in [3.05, 3.63) is 34.9 Å². The number of hydrogen-bond donors (Lipinski definition) is 1. The average molecular weight is 407 g/mol. The van der Waals surface area contributed by atoms with Gasteiger partial charge in [0.25, 0.3) is 5.91 Å². The molecule has 0 aliphatic carbocycles. The van der Waals surface area contributed by atoms with Crippen molar-refractivity contribution in [1.29, 1.82) is 0 Å². The van der Waals surface area contributed by atoms with Gasteiger partial charge >= 0.3 is 0 Å². The highest BCUT2D eigenvalue weighted by atomic mass is 35.5. The monoisotopic (exact) mass is 406 g/mol. The molecule has 0 bridgehead atoms. The zero-order valence-corrected chi connectivity index (χ0v) is 17.3. The molecule has 0 unspecified atom stereocenters. The molecule has 2 saturated heterocycles. The molecular weight excluding hydrogens is 376 g/mol. The second-order valence-corrected chi connectivity index (χ2v) is 8.02. The number of hydrogen-bond acceptors (Lipinski definition) is 4. The number of piperidine rings is 1. The van der Waals surface area contributed by atoms with Crippen LogP contribution in [0.15, 0.2) is 24.3 Å². The van der Waals surface area contributed by atoms with Gasteiger partial charge in [0.2, 0.25) is 5.91 Å². The third kappa shape index (κ3) is 6.19. The van der Waals surface area contributed by atoms with Crippen LogP contribution in [0.4, 0.5) is 0 Å². The second kappa shape index (κ2) is 10.8. The van der Waals surface area contributed by atoms with Crippen LogP contribution >= 0.6 is 11.6 Å². The van der Waals surface area contributed by atoms with E-state index in [9.17, 15) is 9.59 Å². The van der Waals surface area contributed by atoms with Gasteiger partial charge < -0.3 is 20.0 Å². The highest BCUT2D eigenvalue weighted by Gasteiger charge is 2.21. The first-order chi connectivity index (χ1) is 13.6. The highest BCUT2D eigenvalue weighted by molar-refractivity contribution is 6.30. The molecule has 6 nitrogen and oxygen atoms in total. The lowest BCUT2D eigenvalue weighted by Gasteiger charge is -2.31. The van der Waals surface area contributed by atoms with Gasteiger partial charge in [0, 0.05) is 62.8 Å². The normalized spacial score (nSPS) is 18.1. The Hall–Kier alpha value is -1.63. The van der Waals surface area contributed by atoms with Crippen LogP contribution in [-0.4, -0.2) is 85.4 Å². The number of likely N-dealkylation sites (tertiary alicyclic amines) is 1. The van der Waals surface area contributed by atoms with Crippen molar-refractivity contribution in [2.75, 3.05) is 58.9 Å². The maximum atomic E-state index is 13.0. The summed E-state index contributed by atoms with van der Waals surface area (Å²) in [5.41, 5.74) is 0.623. The van der Waals surface area contributed by atoms with E-state index in [1.807, 2.05) is 9.80 Å². The Labute approximate surface area is 172 Å². The SMILES string of the molecule is O=C(CCN(CCN1CCCCC1)C(=O)c1ccc(Cl)cc1)N1CCNCC1. The first-order valence-corrected chi connectivity index (χ1v) is 10.8. The van der Waals surface area contributed by atoms with Crippen molar-refractivity contribution in [1.82, 2.24) is 20.0 Å². The molecule has 2 heterocycles. The molecule has 2 amide bonds. The van der Waals surface area contributed by atoms with Crippen LogP contribution in [0.5, 0.6) is 0 Å². The quantitative estimate of drug-likeness (QED) is 0.753. The van der Waals surface area contributed by atoms with Crippen molar-refractivity contribution in [2.24, 2.45) is 0 Å². The lowest BCUT2D eigenvalue weighted by molar-refractivity contribution is -0.131. The Morgan fingerprint density at radius 1 is 0.964 bits per heavy atom. The van der Waals surface area contributed by atoms with E-state index in [0.29, 0.717) is 30.1 Å². The van der Waals surface area contributed by atoms with Gasteiger partial charge in [0.05, 0.1) is 0 Å². The summed E-state index contributed by atoms with van der Waals surface area (Å²) in [5, 5.41) is 3.88. The third-order valence-corrected chi connectivity index (χ3v) is 5.83. The zero-order valence-electron chi connectivity index (χ0n) is 16.5. The molecule has 2 aliphatic heterocycles. The van der Waals surface area contributed by atoms with Crippen molar-refractivity contribution in [3.8, 4) is 0 Å². The van der Waals surface area contributed by atoms with Gasteiger partial charge in [-0.2, -0.15) is 0 Å². The van der Waals surface area contributed by atoms with Gasteiger partial charge in [0.1, 0.15) is 0 Å². The molecule has 0 radical (unpaired) electrons. The van der Waals surface area contributed by atoms with Crippen LogP contribution in [0.3, 0.4) is 0 Å². The molecule has 2 fully saturated rings. The molecule has 1 aromatic carbocycles. The number of halogens is 1. The molecule has 2 aliphatic rings. The maximum absolute atomic E-state index is 13.0. The number of piperazine rings is 1. The van der Waals surface area contributed by atoms with Gasteiger partial charge in [-0.25, -0.2) is 0 Å². The molecule has 0 atom stereocenters. The third-order valence-electron chi connectivity index (χ3n) is 5.58. The second-order valence-electron chi connectivity index (χ2n) is 7.58. The van der Waals surface area contributed by atoms with Crippen LogP contribution in [0.1, 0.15) is 36.0 Å². The minimum atomic E-state index is -0.0261. The van der Waals surface area contributed by atoms with E-state index in [2.05, 4.69) is 10.2 Å². The summed E-state index contributed by atoms with van der Waals surface area (Å²) in [6.07, 6.45) is 4.13. The van der Waals surface area contributed by atoms with E-state index in [1.54, 1.807) is 24.3 Å². The standard InChI is InChI=1S/C21H31ClN4O2/c22-19-6-4-18(5-7-19)21(28)26(17-16-24-11-2-1-3-12-24)13-8-20(27)25-14-9-23-10-15-25/h4-7,23H,1-3,8-17H2. The van der Waals surface area contributed by atoms with Crippen molar-refractivity contribution in [3.63, 3.8) is 0 Å². The molecule has 28 heavy (non-hydrogen) atoms.